The summed E-state index contributed by atoms with van der Waals surface area (Å²) in [5.74, 6) is -3.19. The number of alkyl halides is 9. The fourth-order valence-electron chi connectivity index (χ4n) is 3.89. The maximum atomic E-state index is 14.7. The number of amides is 1. The zero-order valence-corrected chi connectivity index (χ0v) is 22.9. The minimum atomic E-state index is -6.54. The van der Waals surface area contributed by atoms with Crippen LogP contribution in [0.1, 0.15) is 37.4 Å². The van der Waals surface area contributed by atoms with E-state index >= 15 is 0 Å². The van der Waals surface area contributed by atoms with Crippen LogP contribution < -0.4 is 14.8 Å². The molecule has 6 nitrogen and oxygen atoms in total. The summed E-state index contributed by atoms with van der Waals surface area (Å²) in [6.45, 7) is -3.78. The van der Waals surface area contributed by atoms with Gasteiger partial charge in [-0.1, -0.05) is 22.0 Å². The summed E-state index contributed by atoms with van der Waals surface area (Å²) < 4.78 is 129. The van der Waals surface area contributed by atoms with Crippen molar-refractivity contribution in [3.63, 3.8) is 0 Å². The largest absolute Gasteiger partial charge is 0.494 e. The van der Waals surface area contributed by atoms with E-state index in [-0.39, 0.29) is 40.3 Å². The molecule has 0 aromatic heterocycles. The van der Waals surface area contributed by atoms with Crippen LogP contribution in [-0.2, 0) is 12.1 Å². The molecule has 0 fully saturated rings. The molecule has 0 spiro atoms. The van der Waals surface area contributed by atoms with Crippen molar-refractivity contribution in [1.29, 1.82) is 5.26 Å². The Morgan fingerprint density at radius 3 is 2.09 bits per heavy atom. The minimum Gasteiger partial charge on any atom is -0.494 e. The van der Waals surface area contributed by atoms with Crippen LogP contribution in [0.4, 0.5) is 45.2 Å². The topological polar surface area (TPSA) is 88.4 Å². The van der Waals surface area contributed by atoms with Gasteiger partial charge in [0.2, 0.25) is 0 Å². The molecule has 0 heterocycles. The molecule has 3 aromatic carbocycles. The number of anilines is 1. The molecular formula is C27H16BrF9N2O4. The molecule has 228 valence electrons. The van der Waals surface area contributed by atoms with Gasteiger partial charge in [-0.2, -0.15) is 40.4 Å². The van der Waals surface area contributed by atoms with E-state index in [0.29, 0.717) is 0 Å². The molecule has 0 aliphatic carbocycles. The molecule has 16 heteroatoms. The summed E-state index contributed by atoms with van der Waals surface area (Å²) in [4.78, 5) is 25.9. The number of rotatable bonds is 9. The van der Waals surface area contributed by atoms with Gasteiger partial charge in [0.1, 0.15) is 5.75 Å². The van der Waals surface area contributed by atoms with Crippen molar-refractivity contribution < 1.29 is 58.6 Å². The van der Waals surface area contributed by atoms with E-state index in [0.717, 1.165) is 7.11 Å². The highest BCUT2D eigenvalue weighted by Gasteiger charge is 2.73. The van der Waals surface area contributed by atoms with Crippen LogP contribution in [0.15, 0.2) is 59.1 Å². The Bertz CT molecular complexity index is 1550. The second kappa shape index (κ2) is 12.5. The molecule has 0 unspecified atom stereocenters. The highest BCUT2D eigenvalue weighted by Crippen LogP contribution is 2.54. The summed E-state index contributed by atoms with van der Waals surface area (Å²) in [5, 5.41) is 11.4. The first-order valence-electron chi connectivity index (χ1n) is 11.6. The van der Waals surface area contributed by atoms with Crippen molar-refractivity contribution >= 4 is 33.3 Å². The van der Waals surface area contributed by atoms with E-state index in [2.05, 4.69) is 26.0 Å². The standard InChI is InChI=1S/C27H16BrF9N2O4/c1-42-22-16(3-2-4-19(22)39-23(41)14-7-5-13(12-38)6-8-14)20(40)11-17-18(28)9-15(10-21(17)43-24(29)30)25(31,26(32,33)34)27(35,36)37/h2-10,24H,11H2,1H3,(H,39,41). The molecule has 0 atom stereocenters. The van der Waals surface area contributed by atoms with E-state index < -0.39 is 64.1 Å². The molecule has 1 N–H and O–H groups in total. The Morgan fingerprint density at radius 2 is 1.58 bits per heavy atom. The van der Waals surface area contributed by atoms with Gasteiger partial charge in [-0.05, 0) is 48.5 Å². The van der Waals surface area contributed by atoms with Gasteiger partial charge < -0.3 is 14.8 Å². The van der Waals surface area contributed by atoms with E-state index in [1.165, 1.54) is 42.5 Å². The Labute approximate surface area is 245 Å². The van der Waals surface area contributed by atoms with Crippen molar-refractivity contribution in [2.24, 2.45) is 0 Å². The number of methoxy groups -OCH3 is 1. The van der Waals surface area contributed by atoms with Gasteiger partial charge >= 0.3 is 24.6 Å². The predicted octanol–water partition coefficient (Wildman–Crippen LogP) is 7.90. The molecule has 0 saturated heterocycles. The summed E-state index contributed by atoms with van der Waals surface area (Å²) in [6, 6.07) is 11.0. The number of ketones is 1. The molecule has 0 aliphatic heterocycles. The quantitative estimate of drug-likeness (QED) is 0.183. The number of carbonyl (C=O) groups excluding carboxylic acids is 2. The van der Waals surface area contributed by atoms with Crippen LogP contribution in [0.2, 0.25) is 0 Å². The van der Waals surface area contributed by atoms with Crippen LogP contribution >= 0.6 is 15.9 Å². The molecule has 0 aliphatic rings. The van der Waals surface area contributed by atoms with Crippen LogP contribution in [0, 0.1) is 11.3 Å². The zero-order valence-electron chi connectivity index (χ0n) is 21.3. The number of halogens is 10. The number of hydrogen-bond acceptors (Lipinski definition) is 5. The van der Waals surface area contributed by atoms with Gasteiger partial charge in [0.25, 0.3) is 5.91 Å². The van der Waals surface area contributed by atoms with Crippen molar-refractivity contribution in [3.05, 3.63) is 86.9 Å². The second-order valence-corrected chi connectivity index (χ2v) is 9.45. The summed E-state index contributed by atoms with van der Waals surface area (Å²) in [5.41, 5.74) is -8.62. The second-order valence-electron chi connectivity index (χ2n) is 8.60. The highest BCUT2D eigenvalue weighted by atomic mass is 79.9. The molecule has 0 saturated carbocycles. The van der Waals surface area contributed by atoms with Gasteiger partial charge in [-0.15, -0.1) is 0 Å². The molecular weight excluding hydrogens is 667 g/mol. The Morgan fingerprint density at radius 1 is 0.977 bits per heavy atom. The number of nitrogens with zero attached hydrogens (tertiary/aromatic N) is 1. The van der Waals surface area contributed by atoms with Gasteiger partial charge in [-0.3, -0.25) is 9.59 Å². The molecule has 1 amide bonds. The number of Topliss-reactive ketones (excluding diaryl/α,β-unsaturated/α-hetero) is 1. The third-order valence-electron chi connectivity index (χ3n) is 5.93. The van der Waals surface area contributed by atoms with Crippen molar-refractivity contribution in [2.45, 2.75) is 31.1 Å². The summed E-state index contributed by atoms with van der Waals surface area (Å²) in [7, 11) is 1.12. The summed E-state index contributed by atoms with van der Waals surface area (Å²) in [6.07, 6.45) is -14.0. The van der Waals surface area contributed by atoms with E-state index in [1.54, 1.807) is 0 Å². The Hall–Kier alpha value is -4.26. The first-order valence-corrected chi connectivity index (χ1v) is 12.4. The monoisotopic (exact) mass is 682 g/mol. The van der Waals surface area contributed by atoms with Gasteiger partial charge in [-0.25, -0.2) is 4.39 Å². The third-order valence-corrected chi connectivity index (χ3v) is 6.64. The average Bonchev–Trinajstić information content (AvgIpc) is 2.92. The predicted molar refractivity (Wildman–Crippen MR) is 136 cm³/mol. The maximum Gasteiger partial charge on any atom is 0.435 e. The molecule has 0 radical (unpaired) electrons. The number of carbonyl (C=O) groups is 2. The molecule has 0 bridgehead atoms. The van der Waals surface area contributed by atoms with Crippen molar-refractivity contribution in [3.8, 4) is 17.6 Å². The zero-order chi connectivity index (χ0) is 32.3. The van der Waals surface area contributed by atoms with E-state index in [4.69, 9.17) is 10.00 Å². The lowest BCUT2D eigenvalue weighted by atomic mass is 9.91. The smallest absolute Gasteiger partial charge is 0.435 e. The number of para-hydroxylation sites is 1. The van der Waals surface area contributed by atoms with Gasteiger partial charge in [0.15, 0.2) is 11.5 Å². The van der Waals surface area contributed by atoms with Crippen LogP contribution in [0.5, 0.6) is 11.5 Å². The Kier molecular flexibility index (Phi) is 9.69. The van der Waals surface area contributed by atoms with Crippen LogP contribution in [0.3, 0.4) is 0 Å². The first kappa shape index (κ1) is 33.2. The summed E-state index contributed by atoms with van der Waals surface area (Å²) >= 11 is 2.65. The number of hydrogen-bond donors (Lipinski definition) is 1. The minimum absolute atomic E-state index is 0.0428. The SMILES string of the molecule is COc1c(NC(=O)c2ccc(C#N)cc2)cccc1C(=O)Cc1c(Br)cc(C(F)(C(F)(F)F)C(F)(F)F)cc1OC(F)F. The van der Waals surface area contributed by atoms with Gasteiger partial charge in [0.05, 0.1) is 30.0 Å². The lowest BCUT2D eigenvalue weighted by molar-refractivity contribution is -0.348. The number of nitriles is 1. The number of nitrogens with one attached hydrogen (secondary N) is 1. The number of ether oxygens (including phenoxy) is 2. The fraction of sp³-hybridized carbons (Fsp3) is 0.222. The van der Waals surface area contributed by atoms with E-state index in [9.17, 15) is 49.1 Å². The Balaban J connectivity index is 2.03. The molecule has 43 heavy (non-hydrogen) atoms. The maximum absolute atomic E-state index is 14.7. The van der Waals surface area contributed by atoms with Crippen molar-refractivity contribution in [1.82, 2.24) is 0 Å². The average molecular weight is 683 g/mol. The fourth-order valence-corrected chi connectivity index (χ4v) is 4.47. The van der Waals surface area contributed by atoms with Gasteiger partial charge in [0, 0.05) is 27.6 Å². The highest BCUT2D eigenvalue weighted by molar-refractivity contribution is 9.10. The normalized spacial score (nSPS) is 12.1. The number of benzene rings is 3. The van der Waals surface area contributed by atoms with Crippen LogP contribution in [-0.4, -0.2) is 37.8 Å². The molecule has 3 rings (SSSR count). The third kappa shape index (κ3) is 6.87. The first-order chi connectivity index (χ1) is 19.9. The lowest BCUT2D eigenvalue weighted by Crippen LogP contribution is -2.50. The lowest BCUT2D eigenvalue weighted by Gasteiger charge is -2.31. The van der Waals surface area contributed by atoms with E-state index in [1.807, 2.05) is 6.07 Å². The molecule has 3 aromatic rings. The van der Waals surface area contributed by atoms with Crippen molar-refractivity contribution in [2.75, 3.05) is 12.4 Å². The van der Waals surface area contributed by atoms with Crippen LogP contribution in [0.25, 0.3) is 0 Å².